The van der Waals surface area contributed by atoms with Gasteiger partial charge in [0.25, 0.3) is 0 Å². The summed E-state index contributed by atoms with van der Waals surface area (Å²) in [5.74, 6) is 0.682. The fraction of sp³-hybridized carbons (Fsp3) is 0.364. The van der Waals surface area contributed by atoms with Crippen molar-refractivity contribution in [2.24, 2.45) is 5.73 Å². The van der Waals surface area contributed by atoms with Crippen LogP contribution in [-0.2, 0) is 6.42 Å². The normalized spacial score (nSPS) is 12.6. The van der Waals surface area contributed by atoms with E-state index in [9.17, 15) is 0 Å². The Morgan fingerprint density at radius 3 is 3.00 bits per heavy atom. The molecule has 1 atom stereocenters. The summed E-state index contributed by atoms with van der Waals surface area (Å²) in [7, 11) is 0. The summed E-state index contributed by atoms with van der Waals surface area (Å²) < 4.78 is 0. The summed E-state index contributed by atoms with van der Waals surface area (Å²) in [6.45, 7) is 2.08. The summed E-state index contributed by atoms with van der Waals surface area (Å²) in [5, 5.41) is 1.94. The minimum atomic E-state index is 0.165. The molecule has 0 saturated heterocycles. The molecule has 2 heterocycles. The summed E-state index contributed by atoms with van der Waals surface area (Å²) >= 11 is 1.54. The molecule has 0 radical (unpaired) electrons. The van der Waals surface area contributed by atoms with Crippen LogP contribution in [0.2, 0.25) is 0 Å². The van der Waals surface area contributed by atoms with Crippen LogP contribution in [0, 0.1) is 0 Å². The van der Waals surface area contributed by atoms with Crippen LogP contribution >= 0.6 is 11.3 Å². The summed E-state index contributed by atoms with van der Waals surface area (Å²) in [4.78, 5) is 12.9. The Labute approximate surface area is 98.6 Å². The largest absolute Gasteiger partial charge is 0.327 e. The van der Waals surface area contributed by atoms with Gasteiger partial charge in [-0.2, -0.15) is 0 Å². The number of nitrogens with two attached hydrogens (primary N) is 1. The van der Waals surface area contributed by atoms with E-state index in [1.54, 1.807) is 23.0 Å². The molecule has 2 aromatic heterocycles. The second-order valence-corrected chi connectivity index (χ2v) is 4.34. The molecule has 0 fully saturated rings. The van der Waals surface area contributed by atoms with Crippen LogP contribution in [0.25, 0.3) is 11.5 Å². The van der Waals surface area contributed by atoms with Crippen molar-refractivity contribution in [3.05, 3.63) is 28.8 Å². The van der Waals surface area contributed by atoms with Crippen molar-refractivity contribution in [3.8, 4) is 11.5 Å². The van der Waals surface area contributed by atoms with Crippen LogP contribution in [-0.4, -0.2) is 21.0 Å². The lowest BCUT2D eigenvalue weighted by atomic mass is 10.1. The number of rotatable bonds is 4. The Hall–Kier alpha value is -1.33. The van der Waals surface area contributed by atoms with Crippen LogP contribution in [0.15, 0.2) is 23.2 Å². The van der Waals surface area contributed by atoms with Crippen molar-refractivity contribution >= 4 is 11.3 Å². The Morgan fingerprint density at radius 2 is 2.31 bits per heavy atom. The molecule has 1 unspecified atom stereocenters. The van der Waals surface area contributed by atoms with Crippen molar-refractivity contribution in [1.29, 1.82) is 0 Å². The Kier molecular flexibility index (Phi) is 3.58. The molecule has 0 saturated carbocycles. The van der Waals surface area contributed by atoms with Crippen LogP contribution in [0.5, 0.6) is 0 Å². The quantitative estimate of drug-likeness (QED) is 0.877. The first-order valence-corrected chi connectivity index (χ1v) is 6.20. The molecule has 2 N–H and O–H groups in total. The Balaban J connectivity index is 2.20. The van der Waals surface area contributed by atoms with Crippen molar-refractivity contribution in [2.75, 3.05) is 0 Å². The predicted molar refractivity (Wildman–Crippen MR) is 65.1 cm³/mol. The standard InChI is InChI=1S/C11H14N4S/c1-2-8(12)5-9-3-4-13-11(15-9)10-6-16-7-14-10/h3-4,6-8H,2,5,12H2,1H3. The third-order valence-electron chi connectivity index (χ3n) is 2.37. The molecule has 0 amide bonds. The monoisotopic (exact) mass is 234 g/mol. The summed E-state index contributed by atoms with van der Waals surface area (Å²) in [6.07, 6.45) is 3.51. The molecule has 2 rings (SSSR count). The van der Waals surface area contributed by atoms with Crippen molar-refractivity contribution < 1.29 is 0 Å². The third-order valence-corrected chi connectivity index (χ3v) is 2.96. The van der Waals surface area contributed by atoms with Crippen molar-refractivity contribution in [3.63, 3.8) is 0 Å². The smallest absolute Gasteiger partial charge is 0.179 e. The second kappa shape index (κ2) is 5.14. The number of hydrogen-bond donors (Lipinski definition) is 1. The SMILES string of the molecule is CCC(N)Cc1ccnc(-c2cscn2)n1. The molecule has 2 aromatic rings. The fourth-order valence-corrected chi connectivity index (χ4v) is 1.90. The number of thiazole rings is 1. The van der Waals surface area contributed by atoms with E-state index in [1.165, 1.54) is 0 Å². The van der Waals surface area contributed by atoms with E-state index in [4.69, 9.17) is 5.73 Å². The molecule has 5 heteroatoms. The van der Waals surface area contributed by atoms with Gasteiger partial charge in [-0.05, 0) is 12.5 Å². The van der Waals surface area contributed by atoms with Gasteiger partial charge in [0.1, 0.15) is 5.69 Å². The molecule has 4 nitrogen and oxygen atoms in total. The van der Waals surface area contributed by atoms with E-state index in [0.717, 1.165) is 24.2 Å². The van der Waals surface area contributed by atoms with Gasteiger partial charge >= 0.3 is 0 Å². The number of hydrogen-bond acceptors (Lipinski definition) is 5. The number of aromatic nitrogens is 3. The first-order chi connectivity index (χ1) is 7.79. The van der Waals surface area contributed by atoms with E-state index in [1.807, 2.05) is 11.4 Å². The molecule has 0 spiro atoms. The van der Waals surface area contributed by atoms with Crippen LogP contribution < -0.4 is 5.73 Å². The maximum atomic E-state index is 5.90. The third kappa shape index (κ3) is 2.62. The van der Waals surface area contributed by atoms with Crippen molar-refractivity contribution in [2.45, 2.75) is 25.8 Å². The maximum absolute atomic E-state index is 5.90. The van der Waals surface area contributed by atoms with Gasteiger partial charge in [0.15, 0.2) is 5.82 Å². The second-order valence-electron chi connectivity index (χ2n) is 3.62. The molecule has 84 valence electrons. The van der Waals surface area contributed by atoms with Gasteiger partial charge < -0.3 is 5.73 Å². The first kappa shape index (κ1) is 11.2. The number of nitrogens with zero attached hydrogens (tertiary/aromatic N) is 3. The lowest BCUT2D eigenvalue weighted by Crippen LogP contribution is -2.22. The minimum Gasteiger partial charge on any atom is -0.327 e. The highest BCUT2D eigenvalue weighted by Gasteiger charge is 2.06. The lowest BCUT2D eigenvalue weighted by molar-refractivity contribution is 0.636. The average molecular weight is 234 g/mol. The van der Waals surface area contributed by atoms with E-state index >= 15 is 0 Å². The zero-order valence-electron chi connectivity index (χ0n) is 9.13. The fourth-order valence-electron chi connectivity index (χ4n) is 1.37. The topological polar surface area (TPSA) is 64.7 Å². The van der Waals surface area contributed by atoms with Crippen LogP contribution in [0.3, 0.4) is 0 Å². The van der Waals surface area contributed by atoms with Gasteiger partial charge in [0, 0.05) is 29.7 Å². The summed E-state index contributed by atoms with van der Waals surface area (Å²) in [5.41, 5.74) is 9.49. The van der Waals surface area contributed by atoms with E-state index in [2.05, 4.69) is 21.9 Å². The molecule has 0 aliphatic heterocycles. The van der Waals surface area contributed by atoms with Gasteiger partial charge in [0.2, 0.25) is 0 Å². The Morgan fingerprint density at radius 1 is 1.44 bits per heavy atom. The zero-order chi connectivity index (χ0) is 11.4. The van der Waals surface area contributed by atoms with Crippen LogP contribution in [0.1, 0.15) is 19.0 Å². The Bertz CT molecular complexity index is 441. The molecule has 0 bridgehead atoms. The van der Waals surface area contributed by atoms with Crippen LogP contribution in [0.4, 0.5) is 0 Å². The molecule has 0 aliphatic carbocycles. The van der Waals surface area contributed by atoms with E-state index in [-0.39, 0.29) is 6.04 Å². The van der Waals surface area contributed by atoms with Gasteiger partial charge in [-0.25, -0.2) is 15.0 Å². The van der Waals surface area contributed by atoms with Gasteiger partial charge in [-0.15, -0.1) is 11.3 Å². The van der Waals surface area contributed by atoms with E-state index in [0.29, 0.717) is 5.82 Å². The van der Waals surface area contributed by atoms with Gasteiger partial charge in [0.05, 0.1) is 5.51 Å². The minimum absolute atomic E-state index is 0.165. The summed E-state index contributed by atoms with van der Waals surface area (Å²) in [6, 6.07) is 2.07. The maximum Gasteiger partial charge on any atom is 0.179 e. The highest BCUT2D eigenvalue weighted by Crippen LogP contribution is 2.14. The van der Waals surface area contributed by atoms with Gasteiger partial charge in [-0.1, -0.05) is 6.92 Å². The molecule has 0 aliphatic rings. The van der Waals surface area contributed by atoms with Crippen molar-refractivity contribution in [1.82, 2.24) is 15.0 Å². The molecule has 0 aromatic carbocycles. The molecular weight excluding hydrogens is 220 g/mol. The molecule has 16 heavy (non-hydrogen) atoms. The highest BCUT2D eigenvalue weighted by atomic mass is 32.1. The van der Waals surface area contributed by atoms with Gasteiger partial charge in [-0.3, -0.25) is 0 Å². The predicted octanol–water partition coefficient (Wildman–Crippen LogP) is 1.88. The average Bonchev–Trinajstić information content (AvgIpc) is 2.83. The highest BCUT2D eigenvalue weighted by molar-refractivity contribution is 7.07. The lowest BCUT2D eigenvalue weighted by Gasteiger charge is -2.07. The first-order valence-electron chi connectivity index (χ1n) is 5.25. The zero-order valence-corrected chi connectivity index (χ0v) is 9.94. The molecular formula is C11H14N4S. The van der Waals surface area contributed by atoms with E-state index < -0.39 is 0 Å².